The number of amides is 4. The SMILES string of the molecule is [2H]c1c([2H])c(C([2H])([2H])Oc2cccc3c2CN(C2CCC(=O)NC2=O)C3=O)c([2H])c([2H])c1CN1CCOCC1=O. The Morgan fingerprint density at radius 1 is 1.15 bits per heavy atom. The normalized spacial score (nSPS) is 23.4. The summed E-state index contributed by atoms with van der Waals surface area (Å²) < 4.78 is 61.8. The Bertz CT molecular complexity index is 1420. The highest BCUT2D eigenvalue weighted by molar-refractivity contribution is 6.05. The maximum absolute atomic E-state index is 13.1. The summed E-state index contributed by atoms with van der Waals surface area (Å²) in [4.78, 5) is 51.8. The Hall–Kier alpha value is -3.72. The molecule has 2 aromatic rings. The van der Waals surface area contributed by atoms with Gasteiger partial charge in [0.1, 0.15) is 25.0 Å². The summed E-state index contributed by atoms with van der Waals surface area (Å²) in [5, 5.41) is 2.22. The van der Waals surface area contributed by atoms with Crippen LogP contribution in [0.4, 0.5) is 0 Å². The molecule has 0 saturated carbocycles. The van der Waals surface area contributed by atoms with Gasteiger partial charge < -0.3 is 19.3 Å². The third kappa shape index (κ3) is 4.38. The van der Waals surface area contributed by atoms with E-state index in [4.69, 9.17) is 17.7 Å². The molecule has 2 saturated heterocycles. The number of fused-ring (bicyclic) bond motifs is 1. The molecule has 4 amide bonds. The smallest absolute Gasteiger partial charge is 0.255 e. The zero-order chi connectivity index (χ0) is 28.9. The summed E-state index contributed by atoms with van der Waals surface area (Å²) >= 11 is 0. The summed E-state index contributed by atoms with van der Waals surface area (Å²) in [5.74, 6) is -1.93. The van der Waals surface area contributed by atoms with Crippen LogP contribution in [0.3, 0.4) is 0 Å². The molecule has 3 aliphatic heterocycles. The van der Waals surface area contributed by atoms with Gasteiger partial charge in [0.2, 0.25) is 17.7 Å². The summed E-state index contributed by atoms with van der Waals surface area (Å²) in [6, 6.07) is 1.18. The van der Waals surface area contributed by atoms with Gasteiger partial charge in [-0.2, -0.15) is 0 Å². The second-order valence-corrected chi connectivity index (χ2v) is 8.11. The lowest BCUT2D eigenvalue weighted by Crippen LogP contribution is -2.52. The lowest BCUT2D eigenvalue weighted by atomic mass is 10.0. The van der Waals surface area contributed by atoms with E-state index < -0.39 is 60.1 Å². The van der Waals surface area contributed by atoms with Crippen molar-refractivity contribution in [1.29, 1.82) is 0 Å². The van der Waals surface area contributed by atoms with E-state index in [0.29, 0.717) is 5.56 Å². The van der Waals surface area contributed by atoms with Crippen LogP contribution in [0, 0.1) is 0 Å². The fraction of sp³-hybridized carbons (Fsp3) is 0.360. The molecule has 2 fully saturated rings. The summed E-state index contributed by atoms with van der Waals surface area (Å²) in [6.07, 6.45) is 0.217. The first-order chi connectivity index (χ1) is 18.9. The lowest BCUT2D eigenvalue weighted by Gasteiger charge is -2.29. The monoisotopic (exact) mass is 469 g/mol. The topological polar surface area (TPSA) is 105 Å². The van der Waals surface area contributed by atoms with Gasteiger partial charge >= 0.3 is 0 Å². The van der Waals surface area contributed by atoms with Gasteiger partial charge in [-0.15, -0.1) is 0 Å². The third-order valence-corrected chi connectivity index (χ3v) is 5.91. The number of piperidine rings is 1. The van der Waals surface area contributed by atoms with Gasteiger partial charge in [-0.05, 0) is 29.7 Å². The Kier molecular flexibility index (Phi) is 4.36. The number of nitrogens with zero attached hydrogens (tertiary/aromatic N) is 2. The molecule has 5 rings (SSSR count). The first-order valence-corrected chi connectivity index (χ1v) is 10.8. The van der Waals surface area contributed by atoms with Crippen LogP contribution in [-0.4, -0.2) is 59.2 Å². The van der Waals surface area contributed by atoms with Crippen molar-refractivity contribution in [3.05, 3.63) is 64.6 Å². The number of hydrogen-bond acceptors (Lipinski definition) is 6. The summed E-state index contributed by atoms with van der Waals surface area (Å²) in [5.41, 5.74) is -0.221. The van der Waals surface area contributed by atoms with Crippen LogP contribution in [0.5, 0.6) is 5.75 Å². The first-order valence-electron chi connectivity index (χ1n) is 13.8. The molecule has 0 radical (unpaired) electrons. The molecule has 34 heavy (non-hydrogen) atoms. The van der Waals surface area contributed by atoms with Gasteiger partial charge in [0.05, 0.1) is 21.4 Å². The highest BCUT2D eigenvalue weighted by Gasteiger charge is 2.40. The fourth-order valence-corrected chi connectivity index (χ4v) is 4.14. The lowest BCUT2D eigenvalue weighted by molar-refractivity contribution is -0.143. The maximum atomic E-state index is 13.1. The van der Waals surface area contributed by atoms with Crippen LogP contribution < -0.4 is 10.1 Å². The van der Waals surface area contributed by atoms with E-state index in [9.17, 15) is 19.2 Å². The van der Waals surface area contributed by atoms with E-state index in [-0.39, 0.29) is 68.5 Å². The molecule has 9 heteroatoms. The van der Waals surface area contributed by atoms with Gasteiger partial charge in [-0.3, -0.25) is 24.5 Å². The Balaban J connectivity index is 1.44. The minimum atomic E-state index is -2.85. The van der Waals surface area contributed by atoms with Gasteiger partial charge in [0, 0.05) is 30.6 Å². The minimum absolute atomic E-state index is 0.0594. The van der Waals surface area contributed by atoms with Crippen molar-refractivity contribution in [3.8, 4) is 5.75 Å². The Labute approximate surface area is 205 Å². The third-order valence-electron chi connectivity index (χ3n) is 5.91. The van der Waals surface area contributed by atoms with E-state index in [0.717, 1.165) is 0 Å². The molecule has 1 unspecified atom stereocenters. The van der Waals surface area contributed by atoms with Crippen molar-refractivity contribution in [2.75, 3.05) is 19.8 Å². The Morgan fingerprint density at radius 3 is 2.71 bits per heavy atom. The molecule has 0 aliphatic carbocycles. The average Bonchev–Trinajstić information content (AvgIpc) is 3.23. The second kappa shape index (κ2) is 9.26. The molecule has 0 bridgehead atoms. The molecule has 3 aliphatic rings. The molecule has 1 N–H and O–H groups in total. The van der Waals surface area contributed by atoms with Crippen LogP contribution >= 0.6 is 0 Å². The number of ether oxygens (including phenoxy) is 2. The Morgan fingerprint density at radius 2 is 1.94 bits per heavy atom. The number of carbonyl (C=O) groups excluding carboxylic acids is 4. The van der Waals surface area contributed by atoms with Crippen LogP contribution in [-0.2, 0) is 38.8 Å². The predicted octanol–water partition coefficient (Wildman–Crippen LogP) is 1.39. The van der Waals surface area contributed by atoms with Crippen molar-refractivity contribution in [2.45, 2.75) is 38.5 Å². The van der Waals surface area contributed by atoms with Gasteiger partial charge in [0.25, 0.3) is 5.91 Å². The zero-order valence-electron chi connectivity index (χ0n) is 24.1. The van der Waals surface area contributed by atoms with Crippen LogP contribution in [0.15, 0.2) is 42.4 Å². The molecule has 176 valence electrons. The van der Waals surface area contributed by atoms with Crippen molar-refractivity contribution in [2.24, 2.45) is 0 Å². The molecule has 0 aromatic heterocycles. The standard InChI is InChI=1S/C25H25N3O6/c29-22-9-8-20(24(31)26-22)28-13-19-18(25(28)32)2-1-3-21(19)34-14-17-6-4-16(5-7-17)12-27-10-11-33-15-23(27)30/h1-7,20H,8-15H2,(H,26,29,31)/i4D,5D,6D,7D,14D2. The van der Waals surface area contributed by atoms with E-state index >= 15 is 0 Å². The number of nitrogens with one attached hydrogen (secondary N) is 1. The minimum Gasteiger partial charge on any atom is -0.489 e. The van der Waals surface area contributed by atoms with Crippen LogP contribution in [0.2, 0.25) is 0 Å². The average molecular weight is 470 g/mol. The first kappa shape index (κ1) is 16.0. The number of hydrogen-bond donors (Lipinski definition) is 1. The maximum Gasteiger partial charge on any atom is 0.255 e. The highest BCUT2D eigenvalue weighted by atomic mass is 16.5. The molecule has 3 heterocycles. The van der Waals surface area contributed by atoms with Crippen LogP contribution in [0.25, 0.3) is 0 Å². The number of benzene rings is 2. The molecule has 9 nitrogen and oxygen atoms in total. The number of morpholine rings is 1. The highest BCUT2D eigenvalue weighted by Crippen LogP contribution is 2.34. The van der Waals surface area contributed by atoms with Crippen molar-refractivity contribution in [3.63, 3.8) is 0 Å². The van der Waals surface area contributed by atoms with E-state index in [1.807, 2.05) is 0 Å². The van der Waals surface area contributed by atoms with Crippen molar-refractivity contribution >= 4 is 23.6 Å². The van der Waals surface area contributed by atoms with Crippen molar-refractivity contribution < 1.29 is 36.9 Å². The predicted molar refractivity (Wildman–Crippen MR) is 119 cm³/mol. The van der Waals surface area contributed by atoms with E-state index in [1.54, 1.807) is 0 Å². The number of rotatable bonds is 6. The quantitative estimate of drug-likeness (QED) is 0.641. The molecule has 2 aromatic carbocycles. The van der Waals surface area contributed by atoms with Crippen LogP contribution in [0.1, 0.15) is 48.1 Å². The number of imide groups is 1. The van der Waals surface area contributed by atoms with E-state index in [2.05, 4.69) is 5.32 Å². The van der Waals surface area contributed by atoms with Gasteiger partial charge in [-0.1, -0.05) is 30.2 Å². The zero-order valence-corrected chi connectivity index (χ0v) is 18.1. The fourth-order valence-electron chi connectivity index (χ4n) is 4.14. The number of carbonyl (C=O) groups is 4. The largest absolute Gasteiger partial charge is 0.489 e. The molecule has 1 atom stereocenters. The van der Waals surface area contributed by atoms with Crippen molar-refractivity contribution in [1.82, 2.24) is 15.1 Å². The second-order valence-electron chi connectivity index (χ2n) is 8.11. The molecular formula is C25H25N3O6. The van der Waals surface area contributed by atoms with Gasteiger partial charge in [-0.25, -0.2) is 0 Å². The van der Waals surface area contributed by atoms with Gasteiger partial charge in [0.15, 0.2) is 0 Å². The van der Waals surface area contributed by atoms with E-state index in [1.165, 1.54) is 28.0 Å². The summed E-state index contributed by atoms with van der Waals surface area (Å²) in [7, 11) is 0. The molecular weight excluding hydrogens is 438 g/mol. The summed E-state index contributed by atoms with van der Waals surface area (Å²) in [6.45, 7) is -2.79. The molecule has 0 spiro atoms.